The molecular weight excluding hydrogens is 590 g/mol. The molecule has 258 valence electrons. The third kappa shape index (κ3) is 10.7. The molecule has 0 bridgehead atoms. The van der Waals surface area contributed by atoms with Gasteiger partial charge in [-0.3, -0.25) is 24.1 Å². The van der Waals surface area contributed by atoms with Crippen LogP contribution in [0.1, 0.15) is 93.9 Å². The number of aliphatic hydroxyl groups is 1. The topological polar surface area (TPSA) is 122 Å². The second kappa shape index (κ2) is 17.7. The quantitative estimate of drug-likeness (QED) is 0.246. The van der Waals surface area contributed by atoms with E-state index in [0.29, 0.717) is 25.0 Å². The van der Waals surface area contributed by atoms with Crippen molar-refractivity contribution in [1.29, 1.82) is 0 Å². The van der Waals surface area contributed by atoms with Crippen molar-refractivity contribution in [1.82, 2.24) is 25.3 Å². The minimum absolute atomic E-state index is 0.00721. The molecule has 1 unspecified atom stereocenters. The molecule has 0 aromatic carbocycles. The molecule has 2 heterocycles. The number of carbonyl (C=O) groups is 4. The molecule has 2 rings (SSSR count). The summed E-state index contributed by atoms with van der Waals surface area (Å²) in [4.78, 5) is 60.1. The van der Waals surface area contributed by atoms with Crippen LogP contribution in [0.2, 0.25) is 0 Å². The Bertz CT molecular complexity index is 1040. The van der Waals surface area contributed by atoms with E-state index in [1.54, 1.807) is 35.5 Å². The largest absolute Gasteiger partial charge is 0.394 e. The molecule has 2 fully saturated rings. The maximum Gasteiger partial charge on any atom is 0.249 e. The second-order valence-corrected chi connectivity index (χ2v) is 15.5. The summed E-state index contributed by atoms with van der Waals surface area (Å²) in [5.41, 5.74) is -0.0624. The van der Waals surface area contributed by atoms with E-state index < -0.39 is 23.5 Å². The minimum atomic E-state index is -0.742. The highest BCUT2D eigenvalue weighted by atomic mass is 32.2. The van der Waals surface area contributed by atoms with Gasteiger partial charge >= 0.3 is 0 Å². The zero-order valence-electron chi connectivity index (χ0n) is 29.5. The Kier molecular flexibility index (Phi) is 15.4. The Balaban J connectivity index is 2.24. The van der Waals surface area contributed by atoms with Crippen LogP contribution in [0, 0.1) is 11.3 Å². The number of hydrogen-bond donors (Lipinski definition) is 3. The maximum absolute atomic E-state index is 14.1. The molecule has 0 aliphatic carbocycles. The van der Waals surface area contributed by atoms with Crippen molar-refractivity contribution in [3.63, 3.8) is 0 Å². The lowest BCUT2D eigenvalue weighted by Crippen LogP contribution is -2.60. The fourth-order valence-electron chi connectivity index (χ4n) is 6.45. The summed E-state index contributed by atoms with van der Waals surface area (Å²) in [5, 5.41) is 15.8. The van der Waals surface area contributed by atoms with Gasteiger partial charge in [-0.25, -0.2) is 0 Å². The molecule has 45 heavy (non-hydrogen) atoms. The highest BCUT2D eigenvalue weighted by molar-refractivity contribution is 7.98. The van der Waals surface area contributed by atoms with Gasteiger partial charge in [0.25, 0.3) is 0 Å². The first-order chi connectivity index (χ1) is 21.0. The van der Waals surface area contributed by atoms with Crippen LogP contribution < -0.4 is 10.6 Å². The number of rotatable bonds is 14. The summed E-state index contributed by atoms with van der Waals surface area (Å²) in [7, 11) is 1.74. The number of likely N-dealkylation sites (tertiary alicyclic amines) is 2. The molecule has 5 atom stereocenters. The summed E-state index contributed by atoms with van der Waals surface area (Å²) < 4.78 is 0. The fourth-order valence-corrected chi connectivity index (χ4v) is 6.97. The molecule has 2 saturated heterocycles. The van der Waals surface area contributed by atoms with E-state index in [-0.39, 0.29) is 54.3 Å². The van der Waals surface area contributed by atoms with Crippen LogP contribution in [-0.2, 0) is 19.2 Å². The van der Waals surface area contributed by atoms with Crippen LogP contribution in [0.4, 0.5) is 0 Å². The molecule has 2 aliphatic heterocycles. The average Bonchev–Trinajstić information content (AvgIpc) is 3.48. The average molecular weight is 652 g/mol. The molecular formula is C34H61N5O5S. The van der Waals surface area contributed by atoms with E-state index in [4.69, 9.17) is 0 Å². The zero-order chi connectivity index (χ0) is 34.1. The number of nitrogens with zero attached hydrogens (tertiary/aromatic N) is 3. The Hall–Kier alpha value is -2.11. The van der Waals surface area contributed by atoms with Gasteiger partial charge in [0.15, 0.2) is 0 Å². The third-order valence-electron chi connectivity index (χ3n) is 9.20. The van der Waals surface area contributed by atoms with E-state index in [1.807, 2.05) is 47.0 Å². The van der Waals surface area contributed by atoms with Gasteiger partial charge in [-0.2, -0.15) is 11.8 Å². The number of thioether (sulfide) groups is 1. The van der Waals surface area contributed by atoms with Gasteiger partial charge < -0.3 is 25.5 Å². The van der Waals surface area contributed by atoms with E-state index in [9.17, 15) is 24.3 Å². The Morgan fingerprint density at radius 3 is 2.16 bits per heavy atom. The standard InChI is InChI=1S/C34H61N5O5S/c1-22(2)28(20-24(5)32(43)39-18-13-15-27(39)30(41)35-25(21-40)16-19-45-10)37(9)33(44)29(34(6,7)8)36-31(42)26-14-11-12-17-38(26)23(3)4/h20,22-23,25-29,40H,11-19,21H2,1-10H3,(H,35,41)(H,36,42)/t25-,26?,27-,28+,29+/m0/s1. The molecule has 11 heteroatoms. The highest BCUT2D eigenvalue weighted by Gasteiger charge is 2.40. The summed E-state index contributed by atoms with van der Waals surface area (Å²) in [6.07, 6.45) is 8.59. The van der Waals surface area contributed by atoms with Crippen LogP contribution in [0.5, 0.6) is 0 Å². The predicted octanol–water partition coefficient (Wildman–Crippen LogP) is 3.43. The van der Waals surface area contributed by atoms with Crippen LogP contribution in [0.25, 0.3) is 0 Å². The van der Waals surface area contributed by atoms with E-state index >= 15 is 0 Å². The van der Waals surface area contributed by atoms with Gasteiger partial charge in [0.05, 0.1) is 24.7 Å². The Morgan fingerprint density at radius 1 is 0.978 bits per heavy atom. The van der Waals surface area contributed by atoms with Crippen molar-refractivity contribution < 1.29 is 24.3 Å². The first-order valence-corrected chi connectivity index (χ1v) is 18.2. The molecule has 0 aromatic heterocycles. The van der Waals surface area contributed by atoms with Crippen molar-refractivity contribution in [2.45, 2.75) is 130 Å². The number of carbonyl (C=O) groups excluding carboxylic acids is 4. The second-order valence-electron chi connectivity index (χ2n) is 14.5. The van der Waals surface area contributed by atoms with Gasteiger partial charge in [-0.15, -0.1) is 0 Å². The van der Waals surface area contributed by atoms with Crippen LogP contribution in [-0.4, -0.2) is 118 Å². The van der Waals surface area contributed by atoms with Crippen LogP contribution in [0.15, 0.2) is 11.6 Å². The van der Waals surface area contributed by atoms with Gasteiger partial charge in [0.2, 0.25) is 23.6 Å². The molecule has 2 aliphatic rings. The molecule has 0 radical (unpaired) electrons. The first kappa shape index (κ1) is 39.1. The van der Waals surface area contributed by atoms with Crippen molar-refractivity contribution in [3.8, 4) is 0 Å². The van der Waals surface area contributed by atoms with E-state index in [1.165, 1.54) is 0 Å². The molecule has 0 spiro atoms. The number of piperidine rings is 1. The third-order valence-corrected chi connectivity index (χ3v) is 9.84. The Labute approximate surface area is 276 Å². The van der Waals surface area contributed by atoms with Crippen LogP contribution >= 0.6 is 11.8 Å². The molecule has 4 amide bonds. The van der Waals surface area contributed by atoms with E-state index in [2.05, 4.69) is 29.4 Å². The zero-order valence-corrected chi connectivity index (χ0v) is 30.3. The summed E-state index contributed by atoms with van der Waals surface area (Å²) in [5.74, 6) is 0.0438. The SMILES string of the molecule is CSCC[C@@H](CO)NC(=O)[C@@H]1CCCN1C(=O)C(C)=C[C@H](C(C)C)N(C)C(=O)[C@@H](NC(=O)C1CCCCN1C(C)C)C(C)(C)C. The van der Waals surface area contributed by atoms with Gasteiger partial charge in [-0.1, -0.05) is 47.1 Å². The van der Waals surface area contributed by atoms with Crippen LogP contribution in [0.3, 0.4) is 0 Å². The normalized spacial score (nSPS) is 21.9. The monoisotopic (exact) mass is 651 g/mol. The number of hydrogen-bond acceptors (Lipinski definition) is 7. The van der Waals surface area contributed by atoms with Crippen molar-refractivity contribution >= 4 is 35.4 Å². The Morgan fingerprint density at radius 2 is 1.60 bits per heavy atom. The summed E-state index contributed by atoms with van der Waals surface area (Å²) in [6, 6.07) is -2.09. The molecule has 10 nitrogen and oxygen atoms in total. The summed E-state index contributed by atoms with van der Waals surface area (Å²) in [6.45, 7) is 17.0. The smallest absolute Gasteiger partial charge is 0.249 e. The van der Waals surface area contributed by atoms with Crippen molar-refractivity contribution in [2.24, 2.45) is 11.3 Å². The van der Waals surface area contributed by atoms with Gasteiger partial charge in [0, 0.05) is 25.2 Å². The lowest BCUT2D eigenvalue weighted by Gasteiger charge is -2.41. The fraction of sp³-hybridized carbons (Fsp3) is 0.824. The van der Waals surface area contributed by atoms with Gasteiger partial charge in [-0.05, 0) is 82.8 Å². The molecule has 0 saturated carbocycles. The molecule has 3 N–H and O–H groups in total. The van der Waals surface area contributed by atoms with Crippen molar-refractivity contribution in [2.75, 3.05) is 38.8 Å². The lowest BCUT2D eigenvalue weighted by atomic mass is 9.84. The highest BCUT2D eigenvalue weighted by Crippen LogP contribution is 2.27. The van der Waals surface area contributed by atoms with E-state index in [0.717, 1.165) is 38.0 Å². The minimum Gasteiger partial charge on any atom is -0.394 e. The summed E-state index contributed by atoms with van der Waals surface area (Å²) >= 11 is 1.65. The van der Waals surface area contributed by atoms with Gasteiger partial charge in [0.1, 0.15) is 12.1 Å². The lowest BCUT2D eigenvalue weighted by molar-refractivity contribution is -0.142. The maximum atomic E-state index is 14.1. The number of aliphatic hydroxyl groups excluding tert-OH is 1. The molecule has 0 aromatic rings. The number of likely N-dealkylation sites (N-methyl/N-ethyl adjacent to an activating group) is 1. The number of nitrogens with one attached hydrogen (secondary N) is 2. The number of amides is 4. The van der Waals surface area contributed by atoms with Crippen molar-refractivity contribution in [3.05, 3.63) is 11.6 Å². The first-order valence-electron chi connectivity index (χ1n) is 16.8. The predicted molar refractivity (Wildman–Crippen MR) is 183 cm³/mol.